The molecule has 1 aliphatic rings. The van der Waals surface area contributed by atoms with E-state index in [0.29, 0.717) is 19.4 Å². The summed E-state index contributed by atoms with van der Waals surface area (Å²) in [4.78, 5) is 24.5. The third-order valence-electron chi connectivity index (χ3n) is 4.84. The minimum Gasteiger partial charge on any atom is -0.497 e. The highest BCUT2D eigenvalue weighted by Crippen LogP contribution is 2.16. The Morgan fingerprint density at radius 2 is 1.69 bits per heavy atom. The molecule has 2 rings (SSSR count). The lowest BCUT2D eigenvalue weighted by atomic mass is 10.1. The van der Waals surface area contributed by atoms with Crippen LogP contribution in [-0.4, -0.2) is 50.1 Å². The van der Waals surface area contributed by atoms with Crippen molar-refractivity contribution in [1.29, 1.82) is 0 Å². The zero-order chi connectivity index (χ0) is 23.3. The Hall–Kier alpha value is -2.90. The Morgan fingerprint density at radius 3 is 2.38 bits per heavy atom. The van der Waals surface area contributed by atoms with Gasteiger partial charge in [0.05, 0.1) is 32.5 Å². The maximum Gasteiger partial charge on any atom is 0.330 e. The monoisotopic (exact) mass is 444 g/mol. The van der Waals surface area contributed by atoms with Crippen LogP contribution in [0.3, 0.4) is 0 Å². The Kier molecular flexibility index (Phi) is 10.7. The summed E-state index contributed by atoms with van der Waals surface area (Å²) in [5.41, 5.74) is 0.974. The van der Waals surface area contributed by atoms with Gasteiger partial charge in [-0.1, -0.05) is 18.2 Å². The van der Waals surface area contributed by atoms with Gasteiger partial charge in [-0.25, -0.2) is 9.59 Å². The Morgan fingerprint density at radius 1 is 1.00 bits per heavy atom. The van der Waals surface area contributed by atoms with Crippen molar-refractivity contribution in [2.24, 2.45) is 0 Å². The number of ether oxygens (including phenoxy) is 5. The first-order valence-electron chi connectivity index (χ1n) is 10.7. The van der Waals surface area contributed by atoms with Gasteiger partial charge in [0, 0.05) is 12.2 Å². The van der Waals surface area contributed by atoms with E-state index in [1.165, 1.54) is 18.2 Å². The Bertz CT molecular complexity index is 797. The maximum atomic E-state index is 12.3. The van der Waals surface area contributed by atoms with Crippen LogP contribution in [0.4, 0.5) is 0 Å². The molecule has 1 aromatic rings. The molecule has 7 heteroatoms. The van der Waals surface area contributed by atoms with Gasteiger partial charge in [0.2, 0.25) is 0 Å². The van der Waals surface area contributed by atoms with Gasteiger partial charge in [-0.15, -0.1) is 6.58 Å². The average Bonchev–Trinajstić information content (AvgIpc) is 2.78. The molecule has 0 spiro atoms. The van der Waals surface area contributed by atoms with Gasteiger partial charge in [0.25, 0.3) is 0 Å². The second kappa shape index (κ2) is 13.5. The van der Waals surface area contributed by atoms with Gasteiger partial charge in [0.15, 0.2) is 0 Å². The molecule has 7 nitrogen and oxygen atoms in total. The summed E-state index contributed by atoms with van der Waals surface area (Å²) in [6.45, 7) is 7.74. The Labute approximate surface area is 189 Å². The van der Waals surface area contributed by atoms with E-state index in [1.807, 2.05) is 31.2 Å². The lowest BCUT2D eigenvalue weighted by Gasteiger charge is -2.22. The highest BCUT2D eigenvalue weighted by molar-refractivity contribution is 5.83. The van der Waals surface area contributed by atoms with Crippen LogP contribution in [0.15, 0.2) is 61.2 Å². The lowest BCUT2D eigenvalue weighted by molar-refractivity contribution is -0.147. The van der Waals surface area contributed by atoms with Crippen LogP contribution in [0.1, 0.15) is 32.3 Å². The minimum atomic E-state index is -0.616. The molecule has 0 aromatic heterocycles. The molecule has 0 saturated heterocycles. The molecule has 0 N–H and O–H groups in total. The van der Waals surface area contributed by atoms with E-state index in [1.54, 1.807) is 26.2 Å². The molecule has 0 bridgehead atoms. The summed E-state index contributed by atoms with van der Waals surface area (Å²) in [6.07, 6.45) is 6.70. The molecule has 0 aliphatic carbocycles. The topological polar surface area (TPSA) is 80.3 Å². The number of carbonyl (C=O) groups is 2. The molecule has 1 aliphatic heterocycles. The second-order valence-electron chi connectivity index (χ2n) is 7.47. The SMILES string of the molecule is C=CCO[C@H]1/C=C/C(=O)O[C@H](C)CC[C@H](OCc2ccc(OC)cc2)/C=C/C(=O)O[C@@H]1C. The number of cyclic esters (lactones) is 2. The second-order valence-corrected chi connectivity index (χ2v) is 7.47. The Balaban J connectivity index is 2.09. The van der Waals surface area contributed by atoms with E-state index in [0.717, 1.165) is 11.3 Å². The normalized spacial score (nSPS) is 26.8. The molecule has 4 atom stereocenters. The summed E-state index contributed by atoms with van der Waals surface area (Å²) in [5, 5.41) is 0. The lowest BCUT2D eigenvalue weighted by Crippen LogP contribution is -2.30. The van der Waals surface area contributed by atoms with Crippen LogP contribution < -0.4 is 4.74 Å². The van der Waals surface area contributed by atoms with Gasteiger partial charge in [-0.05, 0) is 56.5 Å². The molecular weight excluding hydrogens is 412 g/mol. The molecule has 1 aromatic carbocycles. The minimum absolute atomic E-state index is 0.249. The fourth-order valence-electron chi connectivity index (χ4n) is 3.03. The van der Waals surface area contributed by atoms with Crippen molar-refractivity contribution in [3.8, 4) is 5.75 Å². The van der Waals surface area contributed by atoms with Crippen molar-refractivity contribution in [2.75, 3.05) is 13.7 Å². The number of hydrogen-bond donors (Lipinski definition) is 0. The van der Waals surface area contributed by atoms with Gasteiger partial charge in [0.1, 0.15) is 18.0 Å². The van der Waals surface area contributed by atoms with Crippen LogP contribution in [0.25, 0.3) is 0 Å². The van der Waals surface area contributed by atoms with E-state index in [4.69, 9.17) is 23.7 Å². The van der Waals surface area contributed by atoms with Crippen molar-refractivity contribution in [1.82, 2.24) is 0 Å². The number of benzene rings is 1. The first-order chi connectivity index (χ1) is 15.4. The van der Waals surface area contributed by atoms with E-state index in [-0.39, 0.29) is 18.8 Å². The van der Waals surface area contributed by atoms with Gasteiger partial charge < -0.3 is 23.7 Å². The molecule has 0 unspecified atom stereocenters. The summed E-state index contributed by atoms with van der Waals surface area (Å²) < 4.78 is 27.7. The maximum absolute atomic E-state index is 12.3. The third kappa shape index (κ3) is 9.08. The molecule has 0 radical (unpaired) electrons. The number of esters is 2. The van der Waals surface area contributed by atoms with Crippen molar-refractivity contribution in [2.45, 2.75) is 57.7 Å². The highest BCUT2D eigenvalue weighted by atomic mass is 16.6. The van der Waals surface area contributed by atoms with Crippen LogP contribution >= 0.6 is 0 Å². The highest BCUT2D eigenvalue weighted by Gasteiger charge is 2.20. The number of methoxy groups -OCH3 is 1. The van der Waals surface area contributed by atoms with E-state index in [2.05, 4.69) is 6.58 Å². The van der Waals surface area contributed by atoms with Gasteiger partial charge in [-0.3, -0.25) is 0 Å². The van der Waals surface area contributed by atoms with Crippen molar-refractivity contribution in [3.05, 3.63) is 66.8 Å². The zero-order valence-corrected chi connectivity index (χ0v) is 18.9. The third-order valence-corrected chi connectivity index (χ3v) is 4.84. The van der Waals surface area contributed by atoms with Gasteiger partial charge in [-0.2, -0.15) is 0 Å². The number of rotatable bonds is 7. The summed E-state index contributed by atoms with van der Waals surface area (Å²) in [7, 11) is 1.61. The molecule has 0 fully saturated rings. The van der Waals surface area contributed by atoms with Crippen molar-refractivity contribution in [3.63, 3.8) is 0 Å². The van der Waals surface area contributed by atoms with Crippen LogP contribution in [-0.2, 0) is 35.1 Å². The average molecular weight is 445 g/mol. The first-order valence-corrected chi connectivity index (χ1v) is 10.7. The predicted molar refractivity (Wildman–Crippen MR) is 120 cm³/mol. The number of carbonyl (C=O) groups excluding carboxylic acids is 2. The molecule has 0 amide bonds. The molecular formula is C25H32O7. The van der Waals surface area contributed by atoms with E-state index >= 15 is 0 Å². The quantitative estimate of drug-likeness (QED) is 0.466. The largest absolute Gasteiger partial charge is 0.497 e. The molecule has 1 heterocycles. The smallest absolute Gasteiger partial charge is 0.330 e. The molecule has 32 heavy (non-hydrogen) atoms. The van der Waals surface area contributed by atoms with E-state index < -0.39 is 24.1 Å². The van der Waals surface area contributed by atoms with Crippen LogP contribution in [0, 0.1) is 0 Å². The molecule has 174 valence electrons. The number of hydrogen-bond acceptors (Lipinski definition) is 7. The fraction of sp³-hybridized carbons (Fsp3) is 0.440. The van der Waals surface area contributed by atoms with Crippen LogP contribution in [0.5, 0.6) is 5.75 Å². The first kappa shape index (κ1) is 25.4. The summed E-state index contributed by atoms with van der Waals surface area (Å²) in [6, 6.07) is 7.56. The summed E-state index contributed by atoms with van der Waals surface area (Å²) in [5.74, 6) is -0.223. The van der Waals surface area contributed by atoms with Crippen LogP contribution in [0.2, 0.25) is 0 Å². The van der Waals surface area contributed by atoms with Crippen molar-refractivity contribution < 1.29 is 33.3 Å². The zero-order valence-electron chi connectivity index (χ0n) is 18.9. The van der Waals surface area contributed by atoms with E-state index in [9.17, 15) is 9.59 Å². The summed E-state index contributed by atoms with van der Waals surface area (Å²) >= 11 is 0. The predicted octanol–water partition coefficient (Wildman–Crippen LogP) is 3.92. The van der Waals surface area contributed by atoms with Gasteiger partial charge >= 0.3 is 11.9 Å². The fourth-order valence-corrected chi connectivity index (χ4v) is 3.03. The standard InChI is InChI=1S/C25H32O7/c1-5-16-29-23-13-15-24(26)31-18(2)6-9-22(12-14-25(27)32-19(23)3)30-17-20-7-10-21(28-4)11-8-20/h5,7-8,10-15,18-19,22-23H,1,6,9,16-17H2,2-4H3/b14-12+,15-13+/t18-,19-,22+,23+/m1/s1. The molecule has 0 saturated carbocycles. The van der Waals surface area contributed by atoms with Crippen molar-refractivity contribution >= 4 is 11.9 Å².